The third kappa shape index (κ3) is 7.50. The van der Waals surface area contributed by atoms with Gasteiger partial charge in [-0.2, -0.15) is 5.26 Å². The fourth-order valence-electron chi connectivity index (χ4n) is 2.54. The van der Waals surface area contributed by atoms with Crippen molar-refractivity contribution in [2.75, 3.05) is 0 Å². The summed E-state index contributed by atoms with van der Waals surface area (Å²) in [5.74, 6) is 0.00631. The van der Waals surface area contributed by atoms with Crippen LogP contribution in [0.1, 0.15) is 43.2 Å². The van der Waals surface area contributed by atoms with Gasteiger partial charge in [-0.3, -0.25) is 4.79 Å². The van der Waals surface area contributed by atoms with E-state index in [1.807, 2.05) is 6.07 Å². The highest BCUT2D eigenvalue weighted by Crippen LogP contribution is 2.27. The molecule has 0 atom stereocenters. The quantitative estimate of drug-likeness (QED) is 0.393. The molecule has 8 heteroatoms. The van der Waals surface area contributed by atoms with E-state index in [-0.39, 0.29) is 29.2 Å². The molecule has 1 saturated carbocycles. The van der Waals surface area contributed by atoms with Crippen molar-refractivity contribution in [2.45, 2.75) is 45.1 Å². The van der Waals surface area contributed by atoms with Gasteiger partial charge in [-0.1, -0.05) is 30.9 Å². The highest BCUT2D eigenvalue weighted by molar-refractivity contribution is 6.32. The molecule has 0 unspecified atom stereocenters. The third-order valence-corrected chi connectivity index (χ3v) is 4.62. The lowest BCUT2D eigenvalue weighted by Crippen LogP contribution is -2.38. The molecule has 146 valence electrons. The first kappa shape index (κ1) is 22.2. The number of benzene rings is 1. The largest absolute Gasteiger partial charge is 0.508 e. The Kier molecular flexibility index (Phi) is 9.03. The first-order valence-electron chi connectivity index (χ1n) is 8.63. The number of phenols is 1. The Hall–Kier alpha value is -2.85. The van der Waals surface area contributed by atoms with Crippen LogP contribution < -0.4 is 22.5 Å². The smallest absolute Gasteiger partial charge is 0.267 e. The van der Waals surface area contributed by atoms with E-state index in [1.54, 1.807) is 6.92 Å². The van der Waals surface area contributed by atoms with Crippen LogP contribution in [0, 0.1) is 18.3 Å². The maximum atomic E-state index is 11.6. The van der Waals surface area contributed by atoms with Gasteiger partial charge in [0.15, 0.2) is 0 Å². The number of phenolic OH excluding ortho intramolecular Hbond substituents is 1. The number of allylic oxidation sites excluding steroid dienone is 2. The second-order valence-electron chi connectivity index (χ2n) is 6.28. The number of amides is 1. The topological polar surface area (TPSA) is 151 Å². The average Bonchev–Trinajstić information content (AvgIpc) is 2.65. The molecule has 0 spiro atoms. The highest BCUT2D eigenvalue weighted by Gasteiger charge is 2.16. The molecular formula is C19H26ClN5O2. The molecule has 1 aliphatic carbocycles. The second kappa shape index (κ2) is 11.0. The summed E-state index contributed by atoms with van der Waals surface area (Å²) >= 11 is 5.72. The van der Waals surface area contributed by atoms with Crippen molar-refractivity contribution >= 4 is 17.5 Å². The lowest BCUT2D eigenvalue weighted by Gasteiger charge is -2.22. The summed E-state index contributed by atoms with van der Waals surface area (Å²) in [6.07, 6.45) is 8.50. The van der Waals surface area contributed by atoms with Crippen molar-refractivity contribution in [1.29, 1.82) is 5.26 Å². The van der Waals surface area contributed by atoms with Gasteiger partial charge in [0.05, 0.1) is 22.1 Å². The van der Waals surface area contributed by atoms with Gasteiger partial charge in [-0.05, 0) is 44.1 Å². The molecule has 1 amide bonds. The Morgan fingerprint density at radius 3 is 2.44 bits per heavy atom. The van der Waals surface area contributed by atoms with Gasteiger partial charge in [-0.15, -0.1) is 0 Å². The number of hydrogen-bond donors (Lipinski definition) is 5. The number of nitrogens with two attached hydrogens (primary N) is 3. The minimum absolute atomic E-state index is 0.119. The molecule has 1 fully saturated rings. The van der Waals surface area contributed by atoms with Gasteiger partial charge in [0.1, 0.15) is 11.8 Å². The Morgan fingerprint density at radius 2 is 1.89 bits per heavy atom. The first-order valence-corrected chi connectivity index (χ1v) is 9.01. The van der Waals surface area contributed by atoms with Crippen LogP contribution in [-0.2, 0) is 4.79 Å². The number of aromatic hydroxyl groups is 1. The van der Waals surface area contributed by atoms with Gasteiger partial charge in [-0.25, -0.2) is 0 Å². The summed E-state index contributed by atoms with van der Waals surface area (Å²) in [5, 5.41) is 20.9. The molecule has 0 heterocycles. The zero-order valence-electron chi connectivity index (χ0n) is 15.3. The molecule has 1 aromatic rings. The molecule has 0 bridgehead atoms. The molecular weight excluding hydrogens is 366 g/mol. The Labute approximate surface area is 164 Å². The summed E-state index contributed by atoms with van der Waals surface area (Å²) in [4.78, 5) is 11.6. The molecule has 0 aliphatic heterocycles. The molecule has 0 saturated heterocycles. The van der Waals surface area contributed by atoms with Crippen LogP contribution in [0.15, 0.2) is 35.8 Å². The van der Waals surface area contributed by atoms with Gasteiger partial charge >= 0.3 is 0 Å². The van der Waals surface area contributed by atoms with Crippen LogP contribution in [0.4, 0.5) is 0 Å². The summed E-state index contributed by atoms with van der Waals surface area (Å²) in [6.45, 7) is 1.67. The lowest BCUT2D eigenvalue weighted by molar-refractivity contribution is -0.118. The van der Waals surface area contributed by atoms with Gasteiger partial charge in [0.25, 0.3) is 5.91 Å². The Balaban J connectivity index is 0.000000289. The van der Waals surface area contributed by atoms with E-state index in [1.165, 1.54) is 43.5 Å². The summed E-state index contributed by atoms with van der Waals surface area (Å²) in [5.41, 5.74) is 17.1. The average molecular weight is 392 g/mol. The number of nitrogens with one attached hydrogen (secondary N) is 1. The van der Waals surface area contributed by atoms with Crippen LogP contribution in [0.3, 0.4) is 0 Å². The molecule has 8 N–H and O–H groups in total. The fourth-order valence-corrected chi connectivity index (χ4v) is 2.74. The summed E-state index contributed by atoms with van der Waals surface area (Å²) < 4.78 is 0. The van der Waals surface area contributed by atoms with E-state index in [0.717, 1.165) is 12.8 Å². The molecule has 0 aromatic heterocycles. The van der Waals surface area contributed by atoms with Gasteiger partial charge < -0.3 is 27.6 Å². The SMILES string of the molecule is Cc1c(O)ccc(C#N)c1Cl.NC(N)=C/C=C(\N)C(=O)NC1CCCCC1. The number of halogens is 1. The number of carbonyl (C=O) groups is 1. The van der Waals surface area contributed by atoms with Crippen molar-refractivity contribution in [1.82, 2.24) is 5.32 Å². The maximum Gasteiger partial charge on any atom is 0.267 e. The van der Waals surface area contributed by atoms with E-state index in [0.29, 0.717) is 16.1 Å². The van der Waals surface area contributed by atoms with Crippen molar-refractivity contribution in [2.24, 2.45) is 17.2 Å². The van der Waals surface area contributed by atoms with Crippen LogP contribution in [-0.4, -0.2) is 17.1 Å². The Bertz CT molecular complexity index is 758. The minimum atomic E-state index is -0.246. The predicted molar refractivity (Wildman–Crippen MR) is 106 cm³/mol. The standard InChI is InChI=1S/C11H20N4O.C8H6ClNO/c12-9(6-7-10(13)14)11(16)15-8-4-2-1-3-5-8;1-5-7(11)3-2-6(4-10)8(5)9/h6-8H,1-5,12-14H2,(H,15,16);2-3,11H,1H3/b9-6-;. The van der Waals surface area contributed by atoms with Crippen LogP contribution >= 0.6 is 11.6 Å². The summed E-state index contributed by atoms with van der Waals surface area (Å²) in [7, 11) is 0. The second-order valence-corrected chi connectivity index (χ2v) is 6.66. The lowest BCUT2D eigenvalue weighted by atomic mass is 9.95. The molecule has 2 rings (SSSR count). The summed E-state index contributed by atoms with van der Waals surface area (Å²) in [6, 6.07) is 5.13. The normalized spacial score (nSPS) is 14.3. The molecule has 7 nitrogen and oxygen atoms in total. The number of hydrogen-bond acceptors (Lipinski definition) is 6. The zero-order chi connectivity index (χ0) is 20.4. The maximum absolute atomic E-state index is 11.6. The fraction of sp³-hybridized carbons (Fsp3) is 0.368. The van der Waals surface area contributed by atoms with Crippen LogP contribution in [0.25, 0.3) is 0 Å². The molecule has 1 aliphatic rings. The number of nitriles is 1. The molecule has 0 radical (unpaired) electrons. The highest BCUT2D eigenvalue weighted by atomic mass is 35.5. The van der Waals surface area contributed by atoms with Crippen LogP contribution in [0.2, 0.25) is 5.02 Å². The number of nitrogens with zero attached hydrogens (tertiary/aromatic N) is 1. The van der Waals surface area contributed by atoms with E-state index in [9.17, 15) is 4.79 Å². The van der Waals surface area contributed by atoms with Crippen molar-refractivity contribution in [3.05, 3.63) is 52.0 Å². The van der Waals surface area contributed by atoms with Crippen molar-refractivity contribution in [3.63, 3.8) is 0 Å². The van der Waals surface area contributed by atoms with E-state index >= 15 is 0 Å². The van der Waals surface area contributed by atoms with Crippen molar-refractivity contribution in [3.8, 4) is 11.8 Å². The first-order chi connectivity index (χ1) is 12.8. The Morgan fingerprint density at radius 1 is 1.26 bits per heavy atom. The molecule has 27 heavy (non-hydrogen) atoms. The van der Waals surface area contributed by atoms with Crippen LogP contribution in [0.5, 0.6) is 5.75 Å². The zero-order valence-corrected chi connectivity index (χ0v) is 16.1. The van der Waals surface area contributed by atoms with E-state index in [4.69, 9.17) is 39.2 Å². The van der Waals surface area contributed by atoms with E-state index in [2.05, 4.69) is 5.32 Å². The number of carbonyl (C=O) groups excluding carboxylic acids is 1. The van der Waals surface area contributed by atoms with Gasteiger partial charge in [0.2, 0.25) is 0 Å². The van der Waals surface area contributed by atoms with Crippen molar-refractivity contribution < 1.29 is 9.90 Å². The van der Waals surface area contributed by atoms with E-state index < -0.39 is 0 Å². The van der Waals surface area contributed by atoms with Gasteiger partial charge in [0, 0.05) is 11.6 Å². The monoisotopic (exact) mass is 391 g/mol. The minimum Gasteiger partial charge on any atom is -0.508 e. The molecule has 1 aromatic carbocycles. The predicted octanol–water partition coefficient (Wildman–Crippen LogP) is 2.26. The number of rotatable bonds is 3. The third-order valence-electron chi connectivity index (χ3n) is 4.14.